The summed E-state index contributed by atoms with van der Waals surface area (Å²) in [7, 11) is 3.80. The number of anilines is 2. The Balaban J connectivity index is 1.55. The van der Waals surface area contributed by atoms with Crippen LogP contribution >= 0.6 is 23.2 Å². The molecule has 38 heavy (non-hydrogen) atoms. The number of ether oxygens (including phenoxy) is 2. The van der Waals surface area contributed by atoms with Crippen LogP contribution in [0.2, 0.25) is 10.0 Å². The van der Waals surface area contributed by atoms with Gasteiger partial charge >= 0.3 is 6.03 Å². The molecule has 1 saturated heterocycles. The molecule has 1 fully saturated rings. The first-order valence-corrected chi connectivity index (χ1v) is 13.6. The third kappa shape index (κ3) is 7.20. The predicted molar refractivity (Wildman–Crippen MR) is 153 cm³/mol. The topological polar surface area (TPSA) is 80.7 Å². The van der Waals surface area contributed by atoms with Gasteiger partial charge in [-0.15, -0.1) is 5.10 Å². The van der Waals surface area contributed by atoms with E-state index in [0.29, 0.717) is 53.0 Å². The summed E-state index contributed by atoms with van der Waals surface area (Å²) in [6.07, 6.45) is 3.75. The van der Waals surface area contributed by atoms with Crippen LogP contribution < -0.4 is 15.4 Å². The second kappa shape index (κ2) is 13.3. The number of likely N-dealkylation sites (tertiary alicyclic amines) is 1. The molecule has 2 aromatic carbocycles. The third-order valence-electron chi connectivity index (χ3n) is 6.68. The molecule has 0 saturated carbocycles. The molecule has 0 radical (unpaired) electrons. The number of halogens is 2. The lowest BCUT2D eigenvalue weighted by Crippen LogP contribution is -2.34. The molecule has 1 aromatic heterocycles. The summed E-state index contributed by atoms with van der Waals surface area (Å²) < 4.78 is 13.1. The number of aromatic nitrogens is 2. The summed E-state index contributed by atoms with van der Waals surface area (Å²) in [5, 5.41) is 11.4. The van der Waals surface area contributed by atoms with E-state index in [1.54, 1.807) is 23.9 Å². The van der Waals surface area contributed by atoms with Crippen molar-refractivity contribution in [2.45, 2.75) is 32.6 Å². The zero-order valence-corrected chi connectivity index (χ0v) is 23.6. The highest BCUT2D eigenvalue weighted by molar-refractivity contribution is 6.42. The molecule has 1 aliphatic heterocycles. The van der Waals surface area contributed by atoms with Crippen molar-refractivity contribution in [3.05, 3.63) is 63.6 Å². The van der Waals surface area contributed by atoms with Crippen molar-refractivity contribution < 1.29 is 14.3 Å². The number of carbonyl (C=O) groups is 1. The zero-order chi connectivity index (χ0) is 27.1. The minimum absolute atomic E-state index is 0.368. The Bertz CT molecular complexity index is 1230. The average molecular weight is 561 g/mol. The quantitative estimate of drug-likeness (QED) is 0.280. The van der Waals surface area contributed by atoms with Gasteiger partial charge in [-0.25, -0.2) is 9.48 Å². The summed E-state index contributed by atoms with van der Waals surface area (Å²) in [5.41, 5.74) is 3.03. The van der Waals surface area contributed by atoms with Crippen LogP contribution in [-0.2, 0) is 11.2 Å². The molecular weight excluding hydrogens is 525 g/mol. The average Bonchev–Trinajstić information content (AvgIpc) is 3.21. The molecule has 10 heteroatoms. The first-order valence-electron chi connectivity index (χ1n) is 12.9. The predicted octanol–water partition coefficient (Wildman–Crippen LogP) is 6.43. The fourth-order valence-corrected chi connectivity index (χ4v) is 5.05. The molecule has 2 heterocycles. The SMILES string of the molecule is COCCCc1cc(Cl)c(Cl)cc1NC(=O)Nc1c(C)c(OCC2CCCN(C)C2)nn1-c1ccccc1. The Morgan fingerprint density at radius 3 is 2.66 bits per heavy atom. The van der Waals surface area contributed by atoms with Gasteiger partial charge in [0, 0.05) is 31.9 Å². The van der Waals surface area contributed by atoms with E-state index < -0.39 is 6.03 Å². The number of carbonyl (C=O) groups excluding carboxylic acids is 1. The van der Waals surface area contributed by atoms with Gasteiger partial charge in [-0.1, -0.05) is 41.4 Å². The summed E-state index contributed by atoms with van der Waals surface area (Å²) in [6, 6.07) is 12.7. The molecule has 1 atom stereocenters. The molecule has 1 aliphatic rings. The van der Waals surface area contributed by atoms with E-state index in [1.165, 1.54) is 0 Å². The Morgan fingerprint density at radius 1 is 1.16 bits per heavy atom. The van der Waals surface area contributed by atoms with Gasteiger partial charge in [0.1, 0.15) is 5.82 Å². The van der Waals surface area contributed by atoms with E-state index in [2.05, 4.69) is 22.6 Å². The monoisotopic (exact) mass is 559 g/mol. The number of hydrogen-bond donors (Lipinski definition) is 2. The first-order chi connectivity index (χ1) is 18.4. The minimum Gasteiger partial charge on any atom is -0.476 e. The summed E-state index contributed by atoms with van der Waals surface area (Å²) in [5.74, 6) is 1.48. The molecule has 0 spiro atoms. The number of amides is 2. The number of benzene rings is 2. The number of methoxy groups -OCH3 is 1. The van der Waals surface area contributed by atoms with Gasteiger partial charge in [0.15, 0.2) is 0 Å². The lowest BCUT2D eigenvalue weighted by atomic mass is 10.00. The van der Waals surface area contributed by atoms with E-state index in [4.69, 9.17) is 37.8 Å². The molecule has 1 unspecified atom stereocenters. The van der Waals surface area contributed by atoms with Crippen molar-refractivity contribution in [3.8, 4) is 11.6 Å². The Labute approximate surface area is 234 Å². The third-order valence-corrected chi connectivity index (χ3v) is 7.40. The van der Waals surface area contributed by atoms with Crippen LogP contribution in [0.3, 0.4) is 0 Å². The minimum atomic E-state index is -0.419. The highest BCUT2D eigenvalue weighted by atomic mass is 35.5. The molecule has 3 aromatic rings. The summed E-state index contributed by atoms with van der Waals surface area (Å²) in [4.78, 5) is 15.6. The molecule has 2 amide bonds. The smallest absolute Gasteiger partial charge is 0.324 e. The van der Waals surface area contributed by atoms with Gasteiger partial charge in [-0.05, 0) is 76.0 Å². The van der Waals surface area contributed by atoms with Crippen LogP contribution in [0.15, 0.2) is 42.5 Å². The number of aryl methyl sites for hydroxylation is 1. The van der Waals surface area contributed by atoms with Crippen LogP contribution in [0.4, 0.5) is 16.3 Å². The highest BCUT2D eigenvalue weighted by Crippen LogP contribution is 2.32. The van der Waals surface area contributed by atoms with E-state index >= 15 is 0 Å². The number of urea groups is 1. The Morgan fingerprint density at radius 2 is 1.92 bits per heavy atom. The second-order valence-corrected chi connectivity index (χ2v) is 10.5. The Kier molecular flexibility index (Phi) is 9.91. The maximum Gasteiger partial charge on any atom is 0.324 e. The van der Waals surface area contributed by atoms with Crippen molar-refractivity contribution in [2.24, 2.45) is 5.92 Å². The maximum atomic E-state index is 13.2. The fourth-order valence-electron chi connectivity index (χ4n) is 4.70. The van der Waals surface area contributed by atoms with Crippen LogP contribution in [-0.4, -0.2) is 61.2 Å². The number of hydrogen-bond acceptors (Lipinski definition) is 5. The van der Waals surface area contributed by atoms with Gasteiger partial charge in [0.05, 0.1) is 27.9 Å². The number of piperidine rings is 1. The largest absolute Gasteiger partial charge is 0.476 e. The number of para-hydroxylation sites is 1. The van der Waals surface area contributed by atoms with E-state index in [-0.39, 0.29) is 0 Å². The lowest BCUT2D eigenvalue weighted by Gasteiger charge is -2.29. The van der Waals surface area contributed by atoms with Gasteiger partial charge in [0.25, 0.3) is 0 Å². The zero-order valence-electron chi connectivity index (χ0n) is 22.1. The molecule has 4 rings (SSSR count). The molecule has 204 valence electrons. The molecular formula is C28H35Cl2N5O3. The van der Waals surface area contributed by atoms with Crippen molar-refractivity contribution in [1.82, 2.24) is 14.7 Å². The van der Waals surface area contributed by atoms with E-state index in [0.717, 1.165) is 49.2 Å². The number of nitrogens with one attached hydrogen (secondary N) is 2. The first kappa shape index (κ1) is 28.2. The number of nitrogens with zero attached hydrogens (tertiary/aromatic N) is 3. The van der Waals surface area contributed by atoms with Crippen LogP contribution in [0, 0.1) is 12.8 Å². The molecule has 2 N–H and O–H groups in total. The Hall–Kier alpha value is -2.78. The molecule has 0 bridgehead atoms. The van der Waals surface area contributed by atoms with E-state index in [9.17, 15) is 4.79 Å². The maximum absolute atomic E-state index is 13.2. The van der Waals surface area contributed by atoms with E-state index in [1.807, 2.05) is 37.3 Å². The lowest BCUT2D eigenvalue weighted by molar-refractivity contribution is 0.147. The number of rotatable bonds is 10. The molecule has 8 nitrogen and oxygen atoms in total. The van der Waals surface area contributed by atoms with Gasteiger partial charge in [-0.2, -0.15) is 0 Å². The van der Waals surface area contributed by atoms with Crippen LogP contribution in [0.5, 0.6) is 5.88 Å². The van der Waals surface area contributed by atoms with Crippen molar-refractivity contribution in [1.29, 1.82) is 0 Å². The normalized spacial score (nSPS) is 15.9. The van der Waals surface area contributed by atoms with Crippen LogP contribution in [0.25, 0.3) is 5.69 Å². The highest BCUT2D eigenvalue weighted by Gasteiger charge is 2.23. The summed E-state index contributed by atoms with van der Waals surface area (Å²) in [6.45, 7) is 5.20. The summed E-state index contributed by atoms with van der Waals surface area (Å²) >= 11 is 12.5. The fraction of sp³-hybridized carbons (Fsp3) is 0.429. The van der Waals surface area contributed by atoms with Gasteiger partial charge < -0.3 is 19.7 Å². The molecule has 0 aliphatic carbocycles. The van der Waals surface area contributed by atoms with Gasteiger partial charge in [0.2, 0.25) is 5.88 Å². The van der Waals surface area contributed by atoms with Crippen molar-refractivity contribution in [3.63, 3.8) is 0 Å². The van der Waals surface area contributed by atoms with Crippen molar-refractivity contribution >= 4 is 40.7 Å². The van der Waals surface area contributed by atoms with Gasteiger partial charge in [-0.3, -0.25) is 5.32 Å². The van der Waals surface area contributed by atoms with Crippen LogP contribution in [0.1, 0.15) is 30.4 Å². The second-order valence-electron chi connectivity index (χ2n) is 9.71. The van der Waals surface area contributed by atoms with Crippen molar-refractivity contribution in [2.75, 3.05) is 51.1 Å². The standard InChI is InChI=1S/C28H35Cl2N5O3/c1-19-26(32-28(36)31-25-16-24(30)23(29)15-21(25)10-8-14-37-3)35(22-11-5-4-6-12-22)33-27(19)38-18-20-9-7-13-34(2)17-20/h4-6,11-12,15-16,20H,7-10,13-14,17-18H2,1-3H3,(H2,31,32,36).